The number of aliphatic hydroxyl groups is 1. The number of carbonyl (C=O) groups excluding carboxylic acids is 1. The van der Waals surface area contributed by atoms with Crippen LogP contribution in [0.5, 0.6) is 11.5 Å². The van der Waals surface area contributed by atoms with Crippen molar-refractivity contribution in [3.05, 3.63) is 59.3 Å². The predicted molar refractivity (Wildman–Crippen MR) is 140 cm³/mol. The highest BCUT2D eigenvalue weighted by atomic mass is 16.5. The van der Waals surface area contributed by atoms with Crippen molar-refractivity contribution in [1.82, 2.24) is 19.7 Å². The number of rotatable bonds is 7. The summed E-state index contributed by atoms with van der Waals surface area (Å²) in [6.45, 7) is 5.62. The second kappa shape index (κ2) is 9.67. The molecule has 0 aliphatic carbocycles. The highest BCUT2D eigenvalue weighted by Crippen LogP contribution is 2.49. The van der Waals surface area contributed by atoms with E-state index in [-0.39, 0.29) is 18.1 Å². The highest BCUT2D eigenvalue weighted by Gasteiger charge is 2.54. The Balaban J connectivity index is 1.53. The van der Waals surface area contributed by atoms with Gasteiger partial charge in [-0.3, -0.25) is 4.90 Å². The van der Waals surface area contributed by atoms with Gasteiger partial charge in [0.05, 0.1) is 32.4 Å². The van der Waals surface area contributed by atoms with Crippen molar-refractivity contribution in [2.45, 2.75) is 31.3 Å². The Morgan fingerprint density at radius 3 is 2.42 bits per heavy atom. The van der Waals surface area contributed by atoms with E-state index in [4.69, 9.17) is 9.47 Å². The summed E-state index contributed by atoms with van der Waals surface area (Å²) in [5, 5.41) is 14.7. The number of aryl methyl sites for hydroxylation is 1. The van der Waals surface area contributed by atoms with Crippen LogP contribution in [-0.2, 0) is 19.0 Å². The van der Waals surface area contributed by atoms with Crippen LogP contribution in [0, 0.1) is 0 Å². The highest BCUT2D eigenvalue weighted by molar-refractivity contribution is 5.90. The molecule has 2 aromatic carbocycles. The van der Waals surface area contributed by atoms with E-state index in [2.05, 4.69) is 33.0 Å². The number of likely N-dealkylation sites (tertiary alicyclic amines) is 1. The number of hydrogen-bond donors (Lipinski definition) is 2. The van der Waals surface area contributed by atoms with Crippen molar-refractivity contribution in [2.75, 3.05) is 47.0 Å². The Morgan fingerprint density at radius 1 is 1.08 bits per heavy atom. The van der Waals surface area contributed by atoms with Crippen LogP contribution in [0.3, 0.4) is 0 Å². The van der Waals surface area contributed by atoms with Gasteiger partial charge < -0.3 is 29.4 Å². The van der Waals surface area contributed by atoms with Gasteiger partial charge in [-0.05, 0) is 41.8 Å². The summed E-state index contributed by atoms with van der Waals surface area (Å²) < 4.78 is 12.9. The number of urea groups is 1. The number of fused-ring (bicyclic) bond motifs is 4. The maximum atomic E-state index is 13.3. The molecule has 192 valence electrons. The molecule has 1 saturated heterocycles. The van der Waals surface area contributed by atoms with E-state index < -0.39 is 6.04 Å². The summed E-state index contributed by atoms with van der Waals surface area (Å²) in [6, 6.07) is 13.9. The standard InChI is InChI=1S/C28H36N4O4/c1-5-12-29-27(34)32-18-28(16-31(17-28)14-19-6-8-20(35-3)9-7-19)25-22-11-10-21(36-4)13-23(22)30(2)26(25)24(32)15-33/h6-11,13,24,33H,5,12,14-18H2,1-4H3,(H,29,34)/t24-/m1/s1. The average Bonchev–Trinajstić information content (AvgIpc) is 3.18. The Bertz CT molecular complexity index is 1250. The van der Waals surface area contributed by atoms with E-state index >= 15 is 0 Å². The molecule has 0 unspecified atom stereocenters. The van der Waals surface area contributed by atoms with Gasteiger partial charge in [0, 0.05) is 62.3 Å². The number of hydrogen-bond acceptors (Lipinski definition) is 5. The fraction of sp³-hybridized carbons (Fsp3) is 0.464. The number of benzene rings is 2. The molecule has 0 saturated carbocycles. The van der Waals surface area contributed by atoms with Gasteiger partial charge in [0.15, 0.2) is 0 Å². The van der Waals surface area contributed by atoms with Gasteiger partial charge in [0.2, 0.25) is 0 Å². The first kappa shape index (κ1) is 24.5. The van der Waals surface area contributed by atoms with Gasteiger partial charge in [-0.15, -0.1) is 0 Å². The molecule has 2 aliphatic heterocycles. The van der Waals surface area contributed by atoms with E-state index in [1.807, 2.05) is 43.1 Å². The van der Waals surface area contributed by atoms with Crippen LogP contribution in [-0.4, -0.2) is 72.5 Å². The van der Waals surface area contributed by atoms with Crippen molar-refractivity contribution in [1.29, 1.82) is 0 Å². The molecule has 1 atom stereocenters. The Kier molecular flexibility index (Phi) is 6.57. The molecule has 36 heavy (non-hydrogen) atoms. The lowest BCUT2D eigenvalue weighted by molar-refractivity contribution is 0.00552. The lowest BCUT2D eigenvalue weighted by Gasteiger charge is -2.56. The number of carbonyl (C=O) groups is 1. The minimum atomic E-state index is -0.401. The van der Waals surface area contributed by atoms with Crippen LogP contribution in [0.25, 0.3) is 10.9 Å². The monoisotopic (exact) mass is 492 g/mol. The zero-order valence-corrected chi connectivity index (χ0v) is 21.6. The van der Waals surface area contributed by atoms with Crippen LogP contribution < -0.4 is 14.8 Å². The Morgan fingerprint density at radius 2 is 1.78 bits per heavy atom. The number of nitrogens with one attached hydrogen (secondary N) is 1. The number of nitrogens with zero attached hydrogens (tertiary/aromatic N) is 3. The molecule has 3 aromatic rings. The summed E-state index contributed by atoms with van der Waals surface area (Å²) in [7, 11) is 5.37. The zero-order valence-electron chi connectivity index (χ0n) is 21.6. The molecular weight excluding hydrogens is 456 g/mol. The zero-order chi connectivity index (χ0) is 25.4. The van der Waals surface area contributed by atoms with Gasteiger partial charge in [-0.1, -0.05) is 19.1 Å². The van der Waals surface area contributed by atoms with E-state index in [1.165, 1.54) is 16.5 Å². The molecule has 1 aromatic heterocycles. The fourth-order valence-corrected chi connectivity index (χ4v) is 6.07. The van der Waals surface area contributed by atoms with E-state index in [1.54, 1.807) is 14.2 Å². The molecule has 0 bridgehead atoms. The number of amides is 2. The van der Waals surface area contributed by atoms with Crippen molar-refractivity contribution >= 4 is 16.9 Å². The van der Waals surface area contributed by atoms with E-state index in [0.29, 0.717) is 13.1 Å². The topological polar surface area (TPSA) is 79.2 Å². The van der Waals surface area contributed by atoms with E-state index in [9.17, 15) is 9.90 Å². The maximum Gasteiger partial charge on any atom is 0.318 e. The number of ether oxygens (including phenoxy) is 2. The first-order valence-corrected chi connectivity index (χ1v) is 12.6. The molecule has 2 aliphatic rings. The molecule has 8 nitrogen and oxygen atoms in total. The molecule has 3 heterocycles. The Labute approximate surface area is 212 Å². The van der Waals surface area contributed by atoms with Gasteiger partial charge in [0.25, 0.3) is 0 Å². The SMILES string of the molecule is CCCNC(=O)N1CC2(CN(Cc3ccc(OC)cc3)C2)c2c(n(C)c3cc(OC)ccc23)[C@H]1CO. The lowest BCUT2D eigenvalue weighted by atomic mass is 9.68. The van der Waals surface area contributed by atoms with Crippen molar-refractivity contribution < 1.29 is 19.4 Å². The third-order valence-electron chi connectivity index (χ3n) is 7.73. The quantitative estimate of drug-likeness (QED) is 0.529. The van der Waals surface area contributed by atoms with Gasteiger partial charge >= 0.3 is 6.03 Å². The average molecular weight is 493 g/mol. The molecule has 2 N–H and O–H groups in total. The summed E-state index contributed by atoms with van der Waals surface area (Å²) in [5.74, 6) is 1.65. The van der Waals surface area contributed by atoms with E-state index in [0.717, 1.165) is 48.8 Å². The summed E-state index contributed by atoms with van der Waals surface area (Å²) in [5.41, 5.74) is 4.36. The third-order valence-corrected chi connectivity index (χ3v) is 7.73. The van der Waals surface area contributed by atoms with Crippen LogP contribution in [0.2, 0.25) is 0 Å². The summed E-state index contributed by atoms with van der Waals surface area (Å²) >= 11 is 0. The van der Waals surface area contributed by atoms with Crippen LogP contribution >= 0.6 is 0 Å². The second-order valence-electron chi connectivity index (χ2n) is 10.0. The van der Waals surface area contributed by atoms with Crippen LogP contribution in [0.1, 0.15) is 36.2 Å². The van der Waals surface area contributed by atoms with Gasteiger partial charge in [-0.2, -0.15) is 0 Å². The second-order valence-corrected chi connectivity index (χ2v) is 10.0. The van der Waals surface area contributed by atoms with Gasteiger partial charge in [0.1, 0.15) is 11.5 Å². The van der Waals surface area contributed by atoms with Crippen LogP contribution in [0.4, 0.5) is 4.79 Å². The molecule has 0 radical (unpaired) electrons. The number of methoxy groups -OCH3 is 2. The maximum absolute atomic E-state index is 13.3. The fourth-order valence-electron chi connectivity index (χ4n) is 6.07. The van der Waals surface area contributed by atoms with Crippen molar-refractivity contribution in [3.63, 3.8) is 0 Å². The van der Waals surface area contributed by atoms with Crippen molar-refractivity contribution in [2.24, 2.45) is 7.05 Å². The van der Waals surface area contributed by atoms with Gasteiger partial charge in [-0.25, -0.2) is 4.79 Å². The minimum absolute atomic E-state index is 0.114. The smallest absolute Gasteiger partial charge is 0.318 e. The largest absolute Gasteiger partial charge is 0.497 e. The first-order chi connectivity index (χ1) is 17.4. The molecular formula is C28H36N4O4. The van der Waals surface area contributed by atoms with Crippen molar-refractivity contribution in [3.8, 4) is 11.5 Å². The normalized spacial score (nSPS) is 18.7. The summed E-state index contributed by atoms with van der Waals surface area (Å²) in [6.07, 6.45) is 0.864. The third kappa shape index (κ3) is 3.98. The number of aliphatic hydroxyl groups excluding tert-OH is 1. The first-order valence-electron chi connectivity index (χ1n) is 12.6. The molecule has 8 heteroatoms. The molecule has 5 rings (SSSR count). The molecule has 2 amide bonds. The van der Waals surface area contributed by atoms with Crippen LogP contribution in [0.15, 0.2) is 42.5 Å². The number of aromatic nitrogens is 1. The Hall–Kier alpha value is -3.23. The summed E-state index contributed by atoms with van der Waals surface area (Å²) in [4.78, 5) is 17.5. The predicted octanol–water partition coefficient (Wildman–Crippen LogP) is 3.42. The lowest BCUT2D eigenvalue weighted by Crippen LogP contribution is -2.67. The minimum Gasteiger partial charge on any atom is -0.497 e. The molecule has 1 fully saturated rings. The molecule has 1 spiro atoms.